The van der Waals surface area contributed by atoms with Crippen LogP contribution in [0.25, 0.3) is 11.0 Å². The van der Waals surface area contributed by atoms with Crippen LogP contribution in [0.3, 0.4) is 0 Å². The van der Waals surface area contributed by atoms with E-state index in [1.807, 2.05) is 11.9 Å². The van der Waals surface area contributed by atoms with Gasteiger partial charge in [0.15, 0.2) is 17.3 Å². The van der Waals surface area contributed by atoms with E-state index in [1.165, 1.54) is 4.68 Å². The molecular formula is C15H18FN5O3. The predicted octanol–water partition coefficient (Wildman–Crippen LogP) is 0.400. The summed E-state index contributed by atoms with van der Waals surface area (Å²) < 4.78 is 15.8. The van der Waals surface area contributed by atoms with Gasteiger partial charge in [-0.3, -0.25) is 4.79 Å². The van der Waals surface area contributed by atoms with E-state index in [4.69, 9.17) is 5.11 Å². The van der Waals surface area contributed by atoms with Crippen LogP contribution >= 0.6 is 0 Å². The molecule has 24 heavy (non-hydrogen) atoms. The minimum Gasteiger partial charge on any atom is -0.476 e. The average Bonchev–Trinajstić information content (AvgIpc) is 2.56. The van der Waals surface area contributed by atoms with E-state index < -0.39 is 22.9 Å². The Morgan fingerprint density at radius 1 is 1.33 bits per heavy atom. The number of pyridine rings is 1. The fourth-order valence-corrected chi connectivity index (χ4v) is 2.78. The molecule has 0 bridgehead atoms. The van der Waals surface area contributed by atoms with Gasteiger partial charge in [0.1, 0.15) is 0 Å². The number of piperazine rings is 1. The first-order chi connectivity index (χ1) is 11.4. The minimum absolute atomic E-state index is 0.0698. The molecule has 0 aliphatic carbocycles. The van der Waals surface area contributed by atoms with Gasteiger partial charge in [0.25, 0.3) is 0 Å². The maximum Gasteiger partial charge on any atom is 0.360 e. The van der Waals surface area contributed by atoms with Gasteiger partial charge in [0, 0.05) is 32.7 Å². The molecule has 1 saturated heterocycles. The molecule has 0 spiro atoms. The molecule has 1 aliphatic rings. The molecule has 1 N–H and O–H groups in total. The average molecular weight is 335 g/mol. The number of fused-ring (bicyclic) bond motifs is 1. The Bertz CT molecular complexity index is 858. The van der Waals surface area contributed by atoms with Gasteiger partial charge in [-0.1, -0.05) is 0 Å². The van der Waals surface area contributed by atoms with E-state index in [0.29, 0.717) is 19.6 Å². The predicted molar refractivity (Wildman–Crippen MR) is 86.1 cm³/mol. The first-order valence-corrected chi connectivity index (χ1v) is 7.70. The maximum atomic E-state index is 14.5. The first-order valence-electron chi connectivity index (χ1n) is 7.70. The molecule has 8 nitrogen and oxygen atoms in total. The van der Waals surface area contributed by atoms with E-state index in [0.717, 1.165) is 19.2 Å². The van der Waals surface area contributed by atoms with Crippen LogP contribution in [-0.2, 0) is 6.54 Å². The van der Waals surface area contributed by atoms with Crippen LogP contribution in [0.1, 0.15) is 17.4 Å². The summed E-state index contributed by atoms with van der Waals surface area (Å²) in [6.45, 7) is 4.90. The van der Waals surface area contributed by atoms with E-state index in [9.17, 15) is 14.0 Å². The molecule has 2 aromatic rings. The number of carbonyl (C=O) groups is 1. The monoisotopic (exact) mass is 335 g/mol. The van der Waals surface area contributed by atoms with Crippen LogP contribution in [0.15, 0.2) is 10.9 Å². The summed E-state index contributed by atoms with van der Waals surface area (Å²) in [5.74, 6) is -1.90. The number of nitrogens with zero attached hydrogens (tertiary/aromatic N) is 5. The van der Waals surface area contributed by atoms with Crippen LogP contribution in [0.5, 0.6) is 0 Å². The summed E-state index contributed by atoms with van der Waals surface area (Å²) >= 11 is 0. The van der Waals surface area contributed by atoms with Crippen LogP contribution in [0, 0.1) is 5.82 Å². The molecule has 1 aliphatic heterocycles. The molecule has 0 saturated carbocycles. The number of likely N-dealkylation sites (N-methyl/N-ethyl adjacent to an activating group) is 1. The van der Waals surface area contributed by atoms with Crippen LogP contribution < -0.4 is 10.3 Å². The zero-order valence-electron chi connectivity index (χ0n) is 13.5. The highest BCUT2D eigenvalue weighted by Crippen LogP contribution is 2.22. The summed E-state index contributed by atoms with van der Waals surface area (Å²) in [6, 6.07) is 1.07. The zero-order chi connectivity index (χ0) is 17.4. The normalized spacial score (nSPS) is 15.9. The number of aromatic nitrogens is 3. The number of halogens is 1. The second kappa shape index (κ2) is 6.16. The quantitative estimate of drug-likeness (QED) is 0.868. The van der Waals surface area contributed by atoms with E-state index in [-0.39, 0.29) is 16.9 Å². The highest BCUT2D eigenvalue weighted by atomic mass is 19.1. The number of carboxylic acids is 1. The Balaban J connectivity index is 2.18. The zero-order valence-corrected chi connectivity index (χ0v) is 13.5. The molecule has 128 valence electrons. The van der Waals surface area contributed by atoms with Crippen LogP contribution in [0.2, 0.25) is 0 Å². The van der Waals surface area contributed by atoms with Gasteiger partial charge < -0.3 is 14.9 Å². The number of aryl methyl sites for hydroxylation is 1. The summed E-state index contributed by atoms with van der Waals surface area (Å²) in [6.07, 6.45) is 0. The summed E-state index contributed by atoms with van der Waals surface area (Å²) in [5.41, 5.74) is -1.25. The van der Waals surface area contributed by atoms with Crippen molar-refractivity contribution in [1.29, 1.82) is 0 Å². The lowest BCUT2D eigenvalue weighted by Crippen LogP contribution is -2.45. The third-order valence-corrected chi connectivity index (χ3v) is 4.17. The largest absolute Gasteiger partial charge is 0.476 e. The van der Waals surface area contributed by atoms with Gasteiger partial charge in [0.2, 0.25) is 11.1 Å². The van der Waals surface area contributed by atoms with Crippen molar-refractivity contribution < 1.29 is 14.3 Å². The van der Waals surface area contributed by atoms with Gasteiger partial charge >= 0.3 is 5.97 Å². The van der Waals surface area contributed by atoms with Crippen LogP contribution in [0.4, 0.5) is 10.2 Å². The van der Waals surface area contributed by atoms with Crippen molar-refractivity contribution >= 4 is 22.8 Å². The van der Waals surface area contributed by atoms with Crippen molar-refractivity contribution in [2.24, 2.45) is 0 Å². The highest BCUT2D eigenvalue weighted by Gasteiger charge is 2.23. The molecule has 3 heterocycles. The molecule has 3 rings (SSSR count). The number of hydrogen-bond donors (Lipinski definition) is 1. The maximum absolute atomic E-state index is 14.5. The molecular weight excluding hydrogens is 317 g/mol. The van der Waals surface area contributed by atoms with Crippen molar-refractivity contribution in [3.63, 3.8) is 0 Å². The lowest BCUT2D eigenvalue weighted by Gasteiger charge is -2.33. The Kier molecular flexibility index (Phi) is 4.18. The molecule has 1 fully saturated rings. The summed E-state index contributed by atoms with van der Waals surface area (Å²) in [5, 5.41) is 12.9. The Hall–Kier alpha value is -2.55. The van der Waals surface area contributed by atoms with E-state index in [1.54, 1.807) is 6.92 Å². The second-order valence-corrected chi connectivity index (χ2v) is 5.75. The topological polar surface area (TPSA) is 91.6 Å². The van der Waals surface area contributed by atoms with Gasteiger partial charge in [-0.25, -0.2) is 18.9 Å². The fourth-order valence-electron chi connectivity index (χ4n) is 2.78. The number of anilines is 1. The van der Waals surface area contributed by atoms with Crippen molar-refractivity contribution in [1.82, 2.24) is 19.7 Å². The lowest BCUT2D eigenvalue weighted by molar-refractivity contribution is 0.0686. The smallest absolute Gasteiger partial charge is 0.360 e. The molecule has 0 radical (unpaired) electrons. The van der Waals surface area contributed by atoms with Gasteiger partial charge in [-0.15, -0.1) is 0 Å². The Labute approximate surface area is 137 Å². The third kappa shape index (κ3) is 2.71. The van der Waals surface area contributed by atoms with Crippen LogP contribution in [-0.4, -0.2) is 64.0 Å². The van der Waals surface area contributed by atoms with Gasteiger partial charge in [0.05, 0.1) is 5.39 Å². The number of hydrogen-bond acceptors (Lipinski definition) is 6. The molecule has 0 atom stereocenters. The first kappa shape index (κ1) is 16.3. The van der Waals surface area contributed by atoms with Crippen molar-refractivity contribution in [2.75, 3.05) is 38.1 Å². The molecule has 2 aromatic heterocycles. The molecule has 0 amide bonds. The fraction of sp³-hybridized carbons (Fsp3) is 0.467. The van der Waals surface area contributed by atoms with E-state index >= 15 is 0 Å². The Morgan fingerprint density at radius 3 is 2.58 bits per heavy atom. The van der Waals surface area contributed by atoms with Crippen molar-refractivity contribution in [2.45, 2.75) is 13.5 Å². The summed E-state index contributed by atoms with van der Waals surface area (Å²) in [4.78, 5) is 31.7. The Morgan fingerprint density at radius 2 is 2.00 bits per heavy atom. The number of aromatic carboxylic acids is 1. The molecule has 0 unspecified atom stereocenters. The highest BCUT2D eigenvalue weighted by molar-refractivity contribution is 5.89. The number of rotatable bonds is 3. The summed E-state index contributed by atoms with van der Waals surface area (Å²) in [7, 11) is 1.99. The number of carboxylic acid groups (broad SMARTS) is 1. The molecule has 9 heteroatoms. The van der Waals surface area contributed by atoms with Crippen molar-refractivity contribution in [3.05, 3.63) is 27.8 Å². The third-order valence-electron chi connectivity index (χ3n) is 4.17. The standard InChI is InChI=1S/C15H18FN5O3/c1-3-21-13-9(12(22)11(18-21)15(23)24)8-10(16)14(17-13)20-6-4-19(2)5-7-20/h8H,3-7H2,1-2H3,(H,23,24). The second-order valence-electron chi connectivity index (χ2n) is 5.75. The van der Waals surface area contributed by atoms with Gasteiger partial charge in [-0.05, 0) is 20.0 Å². The van der Waals surface area contributed by atoms with E-state index in [2.05, 4.69) is 15.0 Å². The SMILES string of the molecule is CCn1nc(C(=O)O)c(=O)c2cc(F)c(N3CCN(C)CC3)nc21. The van der Waals surface area contributed by atoms with Gasteiger partial charge in [-0.2, -0.15) is 5.10 Å². The van der Waals surface area contributed by atoms with Crippen molar-refractivity contribution in [3.8, 4) is 0 Å². The minimum atomic E-state index is -1.44. The molecule has 0 aromatic carbocycles. The lowest BCUT2D eigenvalue weighted by atomic mass is 10.2.